The van der Waals surface area contributed by atoms with Gasteiger partial charge in [-0.2, -0.15) is 0 Å². The number of amides is 1. The third kappa shape index (κ3) is 6.06. The second-order valence-electron chi connectivity index (χ2n) is 5.27. The van der Waals surface area contributed by atoms with E-state index in [-0.39, 0.29) is 11.2 Å². The number of halogens is 1. The second-order valence-corrected chi connectivity index (χ2v) is 10.0. The Bertz CT molecular complexity index is 693. The average molecular weight is 446 g/mol. The molecule has 1 atom stereocenters. The fourth-order valence-electron chi connectivity index (χ4n) is 1.77. The lowest BCUT2D eigenvalue weighted by Gasteiger charge is -2.12. The zero-order valence-electron chi connectivity index (χ0n) is 13.8. The van der Waals surface area contributed by atoms with Crippen LogP contribution in [0.3, 0.4) is 0 Å². The fraction of sp³-hybridized carbons (Fsp3) is 0.438. The third-order valence-electron chi connectivity index (χ3n) is 3.14. The summed E-state index contributed by atoms with van der Waals surface area (Å²) in [6, 6.07) is 5.86. The van der Waals surface area contributed by atoms with Crippen molar-refractivity contribution in [2.45, 2.75) is 47.5 Å². The Labute approximate surface area is 163 Å². The average Bonchev–Trinajstić information content (AvgIpc) is 2.97. The Morgan fingerprint density at radius 2 is 2.12 bits per heavy atom. The van der Waals surface area contributed by atoms with Crippen LogP contribution in [0.25, 0.3) is 0 Å². The highest BCUT2D eigenvalue weighted by molar-refractivity contribution is 9.10. The molecular formula is C16H20BrN3OS3. The van der Waals surface area contributed by atoms with Crippen molar-refractivity contribution in [1.29, 1.82) is 0 Å². The van der Waals surface area contributed by atoms with Gasteiger partial charge in [-0.3, -0.25) is 4.79 Å². The van der Waals surface area contributed by atoms with E-state index in [1.807, 2.05) is 32.0 Å². The number of benzene rings is 1. The molecule has 8 heteroatoms. The highest BCUT2D eigenvalue weighted by Gasteiger charge is 2.18. The SMILES string of the molecule is CCCCSc1nnc(SC(C)C(=O)Nc2ccc(C)cc2Br)s1. The van der Waals surface area contributed by atoms with Gasteiger partial charge in [0.05, 0.1) is 10.9 Å². The van der Waals surface area contributed by atoms with Crippen molar-refractivity contribution in [2.24, 2.45) is 0 Å². The molecule has 0 radical (unpaired) electrons. The minimum absolute atomic E-state index is 0.0417. The maximum Gasteiger partial charge on any atom is 0.237 e. The van der Waals surface area contributed by atoms with E-state index in [4.69, 9.17) is 0 Å². The fourth-order valence-corrected chi connectivity index (χ4v) is 5.68. The number of rotatable bonds is 8. The first-order valence-corrected chi connectivity index (χ1v) is 11.2. The summed E-state index contributed by atoms with van der Waals surface area (Å²) in [4.78, 5) is 12.4. The molecule has 0 fully saturated rings. The van der Waals surface area contributed by atoms with Crippen LogP contribution >= 0.6 is 50.8 Å². The number of aryl methyl sites for hydroxylation is 1. The quantitative estimate of drug-likeness (QED) is 0.421. The number of hydrogen-bond donors (Lipinski definition) is 1. The Kier molecular flexibility index (Phi) is 8.06. The third-order valence-corrected chi connectivity index (χ3v) is 7.12. The summed E-state index contributed by atoms with van der Waals surface area (Å²) >= 11 is 8.21. The van der Waals surface area contributed by atoms with Gasteiger partial charge in [0.2, 0.25) is 5.91 Å². The first-order chi connectivity index (χ1) is 11.5. The molecule has 1 aromatic carbocycles. The predicted octanol–water partition coefficient (Wildman–Crippen LogP) is 5.62. The Hall–Kier alpha value is -0.570. The van der Waals surface area contributed by atoms with Gasteiger partial charge in [-0.25, -0.2) is 0 Å². The summed E-state index contributed by atoms with van der Waals surface area (Å²) in [5.74, 6) is 1.02. The van der Waals surface area contributed by atoms with Gasteiger partial charge in [0.25, 0.3) is 0 Å². The first-order valence-electron chi connectivity index (χ1n) is 7.69. The van der Waals surface area contributed by atoms with Gasteiger partial charge in [-0.1, -0.05) is 54.3 Å². The van der Waals surface area contributed by atoms with E-state index < -0.39 is 0 Å². The van der Waals surface area contributed by atoms with Crippen LogP contribution in [0.5, 0.6) is 0 Å². The molecule has 0 saturated carbocycles. The molecule has 1 heterocycles. The largest absolute Gasteiger partial charge is 0.324 e. The molecule has 0 aliphatic carbocycles. The van der Waals surface area contributed by atoms with E-state index in [0.717, 1.165) is 30.2 Å². The molecule has 2 rings (SSSR count). The summed E-state index contributed by atoms with van der Waals surface area (Å²) < 4.78 is 2.69. The van der Waals surface area contributed by atoms with E-state index in [9.17, 15) is 4.79 Å². The molecule has 0 spiro atoms. The molecule has 130 valence electrons. The maximum atomic E-state index is 12.4. The number of nitrogens with zero attached hydrogens (tertiary/aromatic N) is 2. The lowest BCUT2D eigenvalue weighted by Crippen LogP contribution is -2.22. The van der Waals surface area contributed by atoms with Gasteiger partial charge in [-0.15, -0.1) is 10.2 Å². The number of aromatic nitrogens is 2. The van der Waals surface area contributed by atoms with E-state index in [1.165, 1.54) is 24.6 Å². The summed E-state index contributed by atoms with van der Waals surface area (Å²) in [7, 11) is 0. The van der Waals surface area contributed by atoms with Crippen LogP contribution in [0.2, 0.25) is 0 Å². The summed E-state index contributed by atoms with van der Waals surface area (Å²) in [5, 5.41) is 11.1. The molecule has 0 aliphatic rings. The van der Waals surface area contributed by atoms with Gasteiger partial charge < -0.3 is 5.32 Å². The molecule has 1 amide bonds. The number of nitrogens with one attached hydrogen (secondary N) is 1. The van der Waals surface area contributed by atoms with Crippen LogP contribution in [0.4, 0.5) is 5.69 Å². The van der Waals surface area contributed by atoms with E-state index in [2.05, 4.69) is 38.4 Å². The van der Waals surface area contributed by atoms with Crippen molar-refractivity contribution in [3.63, 3.8) is 0 Å². The van der Waals surface area contributed by atoms with E-state index in [1.54, 1.807) is 23.1 Å². The smallest absolute Gasteiger partial charge is 0.237 e. The Morgan fingerprint density at radius 3 is 2.83 bits per heavy atom. The monoisotopic (exact) mass is 445 g/mol. The minimum atomic E-state index is -0.236. The van der Waals surface area contributed by atoms with Gasteiger partial charge in [0.1, 0.15) is 0 Å². The zero-order chi connectivity index (χ0) is 17.5. The Morgan fingerprint density at radius 1 is 1.38 bits per heavy atom. The standard InChI is InChI=1S/C16H20BrN3OS3/c1-4-5-8-22-15-19-20-16(24-15)23-11(3)14(21)18-13-7-6-10(2)9-12(13)17/h6-7,9,11H,4-5,8H2,1-3H3,(H,18,21). The minimum Gasteiger partial charge on any atom is -0.324 e. The van der Waals surface area contributed by atoms with Crippen LogP contribution < -0.4 is 5.32 Å². The summed E-state index contributed by atoms with van der Waals surface area (Å²) in [5.41, 5.74) is 1.93. The molecule has 1 unspecified atom stereocenters. The van der Waals surface area contributed by atoms with Gasteiger partial charge in [-0.05, 0) is 53.9 Å². The highest BCUT2D eigenvalue weighted by atomic mass is 79.9. The molecule has 2 aromatic rings. The molecule has 1 N–H and O–H groups in total. The van der Waals surface area contributed by atoms with E-state index >= 15 is 0 Å². The van der Waals surface area contributed by atoms with Crippen molar-refractivity contribution in [3.8, 4) is 0 Å². The van der Waals surface area contributed by atoms with Crippen LogP contribution in [-0.4, -0.2) is 27.1 Å². The van der Waals surface area contributed by atoms with Gasteiger partial charge >= 0.3 is 0 Å². The van der Waals surface area contributed by atoms with Gasteiger partial charge in [0.15, 0.2) is 8.68 Å². The van der Waals surface area contributed by atoms with Crippen LogP contribution in [0.1, 0.15) is 32.3 Å². The number of carbonyl (C=O) groups is 1. The normalized spacial score (nSPS) is 12.2. The van der Waals surface area contributed by atoms with Gasteiger partial charge in [0, 0.05) is 10.2 Å². The molecule has 24 heavy (non-hydrogen) atoms. The molecule has 0 aliphatic heterocycles. The summed E-state index contributed by atoms with van der Waals surface area (Å²) in [6.45, 7) is 6.07. The molecule has 0 saturated heterocycles. The van der Waals surface area contributed by atoms with Crippen LogP contribution in [0, 0.1) is 6.92 Å². The van der Waals surface area contributed by atoms with Crippen LogP contribution in [0.15, 0.2) is 31.4 Å². The first kappa shape index (κ1) is 19.8. The van der Waals surface area contributed by atoms with Crippen molar-refractivity contribution in [1.82, 2.24) is 10.2 Å². The zero-order valence-corrected chi connectivity index (χ0v) is 17.9. The lowest BCUT2D eigenvalue weighted by atomic mass is 10.2. The van der Waals surface area contributed by atoms with Crippen LogP contribution in [-0.2, 0) is 4.79 Å². The number of unbranched alkanes of at least 4 members (excludes halogenated alkanes) is 1. The number of hydrogen-bond acceptors (Lipinski definition) is 6. The summed E-state index contributed by atoms with van der Waals surface area (Å²) in [6.07, 6.45) is 2.36. The molecule has 0 bridgehead atoms. The maximum absolute atomic E-state index is 12.4. The van der Waals surface area contributed by atoms with Crippen molar-refractivity contribution < 1.29 is 4.79 Å². The highest BCUT2D eigenvalue weighted by Crippen LogP contribution is 2.32. The molecular weight excluding hydrogens is 426 g/mol. The Balaban J connectivity index is 1.89. The second kappa shape index (κ2) is 9.79. The number of anilines is 1. The topological polar surface area (TPSA) is 54.9 Å². The number of thioether (sulfide) groups is 2. The van der Waals surface area contributed by atoms with Crippen molar-refractivity contribution in [2.75, 3.05) is 11.1 Å². The molecule has 1 aromatic heterocycles. The molecule has 4 nitrogen and oxygen atoms in total. The predicted molar refractivity (Wildman–Crippen MR) is 108 cm³/mol. The lowest BCUT2D eigenvalue weighted by molar-refractivity contribution is -0.115. The van der Waals surface area contributed by atoms with Crippen molar-refractivity contribution in [3.05, 3.63) is 28.2 Å². The van der Waals surface area contributed by atoms with E-state index in [0.29, 0.717) is 0 Å². The van der Waals surface area contributed by atoms with Crippen molar-refractivity contribution >= 4 is 62.4 Å². The number of carbonyl (C=O) groups excluding carboxylic acids is 1.